The Morgan fingerprint density at radius 3 is 2.23 bits per heavy atom. The van der Waals surface area contributed by atoms with E-state index in [2.05, 4.69) is 6.92 Å². The van der Waals surface area contributed by atoms with Crippen molar-refractivity contribution in [1.29, 1.82) is 0 Å². The van der Waals surface area contributed by atoms with Gasteiger partial charge in [-0.1, -0.05) is 49.4 Å². The molecule has 5 nitrogen and oxygen atoms in total. The normalized spacial score (nSPS) is 24.1. The van der Waals surface area contributed by atoms with Gasteiger partial charge in [-0.05, 0) is 29.7 Å². The molecule has 2 atom stereocenters. The Labute approximate surface area is 154 Å². The molecule has 6 heteroatoms. The fourth-order valence-electron chi connectivity index (χ4n) is 3.94. The third-order valence-corrected chi connectivity index (χ3v) is 6.99. The molecule has 2 aliphatic heterocycles. The van der Waals surface area contributed by atoms with Crippen molar-refractivity contribution in [3.63, 3.8) is 0 Å². The van der Waals surface area contributed by atoms with Crippen LogP contribution in [-0.4, -0.2) is 42.9 Å². The first kappa shape index (κ1) is 17.1. The van der Waals surface area contributed by atoms with Crippen molar-refractivity contribution in [2.45, 2.75) is 32.0 Å². The van der Waals surface area contributed by atoms with Gasteiger partial charge in [-0.25, -0.2) is 13.2 Å². The molecule has 0 spiro atoms. The lowest BCUT2D eigenvalue weighted by atomic mass is 10.1. The average molecular weight is 370 g/mol. The number of benzene rings is 2. The predicted octanol–water partition coefficient (Wildman–Crippen LogP) is 2.86. The minimum atomic E-state index is -3.14. The number of carbonyl (C=O) groups excluding carboxylic acids is 1. The molecule has 2 aromatic carbocycles. The zero-order valence-electron chi connectivity index (χ0n) is 14.7. The highest BCUT2D eigenvalue weighted by atomic mass is 32.2. The summed E-state index contributed by atoms with van der Waals surface area (Å²) >= 11 is 0. The summed E-state index contributed by atoms with van der Waals surface area (Å²) in [6.45, 7) is 2.51. The summed E-state index contributed by atoms with van der Waals surface area (Å²) in [6, 6.07) is 16.8. The van der Waals surface area contributed by atoms with Crippen molar-refractivity contribution < 1.29 is 13.2 Å². The Morgan fingerprint density at radius 1 is 0.923 bits per heavy atom. The molecule has 0 bridgehead atoms. The molecule has 2 fully saturated rings. The maximum Gasteiger partial charge on any atom is 0.325 e. The van der Waals surface area contributed by atoms with E-state index in [-0.39, 0.29) is 29.6 Å². The largest absolute Gasteiger partial charge is 0.325 e. The lowest BCUT2D eigenvalue weighted by molar-refractivity contribution is 0.206. The van der Waals surface area contributed by atoms with Crippen LogP contribution in [0, 0.1) is 0 Å². The van der Waals surface area contributed by atoms with E-state index in [1.807, 2.05) is 54.6 Å². The van der Waals surface area contributed by atoms with Crippen molar-refractivity contribution in [2.75, 3.05) is 16.4 Å². The topological polar surface area (TPSA) is 57.7 Å². The molecule has 0 radical (unpaired) electrons. The highest BCUT2D eigenvalue weighted by Crippen LogP contribution is 2.36. The molecule has 4 rings (SSSR count). The number of urea groups is 1. The Balaban J connectivity index is 1.69. The molecular formula is C20H22N2O3S. The standard InChI is InChI=1S/C20H22N2O3S/c1-2-15-8-10-17(11-9-15)22-19-14-26(24,25)13-18(19)21(20(22)23)12-16-6-4-3-5-7-16/h3-11,18-19H,2,12-14H2,1H3. The number of hydrogen-bond donors (Lipinski definition) is 0. The van der Waals surface area contributed by atoms with Crippen molar-refractivity contribution in [3.05, 3.63) is 65.7 Å². The minimum Gasteiger partial charge on any atom is -0.314 e. The van der Waals surface area contributed by atoms with E-state index in [0.29, 0.717) is 6.54 Å². The molecule has 0 aromatic heterocycles. The fraction of sp³-hybridized carbons (Fsp3) is 0.350. The molecule has 0 saturated carbocycles. The second-order valence-corrected chi connectivity index (χ2v) is 9.15. The van der Waals surface area contributed by atoms with Gasteiger partial charge in [0.25, 0.3) is 0 Å². The van der Waals surface area contributed by atoms with Crippen LogP contribution in [0.25, 0.3) is 0 Å². The van der Waals surface area contributed by atoms with Crippen LogP contribution in [0.4, 0.5) is 10.5 Å². The number of hydrogen-bond acceptors (Lipinski definition) is 3. The number of anilines is 1. The summed E-state index contributed by atoms with van der Waals surface area (Å²) in [5.41, 5.74) is 2.97. The van der Waals surface area contributed by atoms with Crippen LogP contribution in [0.5, 0.6) is 0 Å². The summed E-state index contributed by atoms with van der Waals surface area (Å²) in [7, 11) is -3.14. The summed E-state index contributed by atoms with van der Waals surface area (Å²) in [5, 5.41) is 0. The zero-order valence-corrected chi connectivity index (χ0v) is 15.5. The second-order valence-electron chi connectivity index (χ2n) is 7.00. The van der Waals surface area contributed by atoms with Crippen LogP contribution >= 0.6 is 0 Å². The third kappa shape index (κ3) is 2.98. The summed E-state index contributed by atoms with van der Waals surface area (Å²) in [5.74, 6) is 0.0734. The molecule has 2 aliphatic rings. The van der Waals surface area contributed by atoms with Gasteiger partial charge in [0.05, 0.1) is 23.6 Å². The van der Waals surface area contributed by atoms with Crippen LogP contribution < -0.4 is 4.90 Å². The Kier molecular flexibility index (Phi) is 4.23. The van der Waals surface area contributed by atoms with E-state index in [1.54, 1.807) is 9.80 Å². The number of carbonyl (C=O) groups is 1. The molecule has 2 heterocycles. The van der Waals surface area contributed by atoms with Crippen LogP contribution in [0.1, 0.15) is 18.1 Å². The predicted molar refractivity (Wildman–Crippen MR) is 102 cm³/mol. The molecular weight excluding hydrogens is 348 g/mol. The molecule has 136 valence electrons. The number of amides is 2. The first-order valence-corrected chi connectivity index (χ1v) is 10.7. The van der Waals surface area contributed by atoms with E-state index in [0.717, 1.165) is 17.7 Å². The third-order valence-electron chi connectivity index (χ3n) is 5.30. The maximum atomic E-state index is 13.1. The summed E-state index contributed by atoms with van der Waals surface area (Å²) in [4.78, 5) is 16.5. The summed E-state index contributed by atoms with van der Waals surface area (Å²) in [6.07, 6.45) is 0.925. The SMILES string of the molecule is CCc1ccc(N2C(=O)N(Cc3ccccc3)C3CS(=O)(=O)CC32)cc1. The molecule has 2 aromatic rings. The number of rotatable bonds is 4. The van der Waals surface area contributed by atoms with E-state index < -0.39 is 9.84 Å². The highest BCUT2D eigenvalue weighted by molar-refractivity contribution is 7.91. The van der Waals surface area contributed by atoms with E-state index in [9.17, 15) is 13.2 Å². The molecule has 26 heavy (non-hydrogen) atoms. The number of fused-ring (bicyclic) bond motifs is 1. The first-order valence-electron chi connectivity index (χ1n) is 8.91. The van der Waals surface area contributed by atoms with Crippen LogP contribution in [0.2, 0.25) is 0 Å². The van der Waals surface area contributed by atoms with Crippen molar-refractivity contribution in [1.82, 2.24) is 4.90 Å². The Morgan fingerprint density at radius 2 is 1.58 bits per heavy atom. The number of aryl methyl sites for hydroxylation is 1. The Bertz CT molecular complexity index is 910. The first-order chi connectivity index (χ1) is 12.5. The molecule has 2 saturated heterocycles. The van der Waals surface area contributed by atoms with Gasteiger partial charge in [-0.3, -0.25) is 4.90 Å². The highest BCUT2D eigenvalue weighted by Gasteiger charge is 2.53. The quantitative estimate of drug-likeness (QED) is 0.778. The van der Waals surface area contributed by atoms with Crippen LogP contribution in [0.3, 0.4) is 0 Å². The second kappa shape index (κ2) is 6.43. The van der Waals surface area contributed by atoms with Crippen LogP contribution in [-0.2, 0) is 22.8 Å². The van der Waals surface area contributed by atoms with Gasteiger partial charge in [0.2, 0.25) is 0 Å². The van der Waals surface area contributed by atoms with Crippen molar-refractivity contribution in [2.24, 2.45) is 0 Å². The summed E-state index contributed by atoms with van der Waals surface area (Å²) < 4.78 is 24.5. The van der Waals surface area contributed by atoms with Gasteiger partial charge in [0, 0.05) is 12.2 Å². The molecule has 0 aliphatic carbocycles. The fourth-order valence-corrected chi connectivity index (χ4v) is 5.89. The van der Waals surface area contributed by atoms with Gasteiger partial charge in [-0.15, -0.1) is 0 Å². The van der Waals surface area contributed by atoms with E-state index in [1.165, 1.54) is 5.56 Å². The Hall–Kier alpha value is -2.34. The van der Waals surface area contributed by atoms with Gasteiger partial charge in [0.15, 0.2) is 9.84 Å². The maximum absolute atomic E-state index is 13.1. The monoisotopic (exact) mass is 370 g/mol. The van der Waals surface area contributed by atoms with E-state index >= 15 is 0 Å². The smallest absolute Gasteiger partial charge is 0.314 e. The average Bonchev–Trinajstić information content (AvgIpc) is 3.07. The number of sulfone groups is 1. The van der Waals surface area contributed by atoms with Gasteiger partial charge in [-0.2, -0.15) is 0 Å². The lowest BCUT2D eigenvalue weighted by Gasteiger charge is -2.23. The van der Waals surface area contributed by atoms with Gasteiger partial charge >= 0.3 is 6.03 Å². The van der Waals surface area contributed by atoms with Crippen molar-refractivity contribution in [3.8, 4) is 0 Å². The lowest BCUT2D eigenvalue weighted by Crippen LogP contribution is -2.37. The van der Waals surface area contributed by atoms with Crippen LogP contribution in [0.15, 0.2) is 54.6 Å². The van der Waals surface area contributed by atoms with Crippen molar-refractivity contribution >= 4 is 21.6 Å². The minimum absolute atomic E-state index is 0.0320. The van der Waals surface area contributed by atoms with Gasteiger partial charge in [0.1, 0.15) is 0 Å². The van der Waals surface area contributed by atoms with Gasteiger partial charge < -0.3 is 4.90 Å². The molecule has 2 amide bonds. The van der Waals surface area contributed by atoms with E-state index in [4.69, 9.17) is 0 Å². The number of nitrogens with zero attached hydrogens (tertiary/aromatic N) is 2. The molecule has 0 N–H and O–H groups in total. The zero-order chi connectivity index (χ0) is 18.3. The molecule has 2 unspecified atom stereocenters.